The summed E-state index contributed by atoms with van der Waals surface area (Å²) in [6, 6.07) is 0. The number of hydrogen-bond donors (Lipinski definition) is 3. The van der Waals surface area contributed by atoms with E-state index >= 15 is 0 Å². The summed E-state index contributed by atoms with van der Waals surface area (Å²) in [5.41, 5.74) is 0. The third-order valence-electron chi connectivity index (χ3n) is 6.34. The first kappa shape index (κ1) is 40.6. The molecule has 1 heterocycles. The number of unbranched alkanes of at least 4 members (excludes halogenated alkanes) is 1. The molecule has 264 valence electrons. The van der Waals surface area contributed by atoms with Crippen LogP contribution in [0.25, 0.3) is 0 Å². The van der Waals surface area contributed by atoms with Crippen molar-refractivity contribution in [2.75, 3.05) is 19.8 Å². The molecule has 0 aromatic rings. The van der Waals surface area contributed by atoms with Gasteiger partial charge in [0.15, 0.2) is 6.29 Å². The summed E-state index contributed by atoms with van der Waals surface area (Å²) in [5.74, 6) is -56.5. The van der Waals surface area contributed by atoms with Crippen molar-refractivity contribution in [1.29, 1.82) is 0 Å². The Labute approximate surface area is 236 Å². The zero-order chi connectivity index (χ0) is 35.0. The van der Waals surface area contributed by atoms with Gasteiger partial charge >= 0.3 is 47.6 Å². The van der Waals surface area contributed by atoms with Crippen LogP contribution in [0, 0.1) is 0 Å². The molecule has 0 saturated carbocycles. The second-order valence-corrected chi connectivity index (χ2v) is 9.62. The van der Waals surface area contributed by atoms with Crippen molar-refractivity contribution in [3.8, 4) is 0 Å². The minimum Gasteiger partial charge on any atom is -0.388 e. The zero-order valence-corrected chi connectivity index (χ0v) is 21.8. The minimum atomic E-state index is -8.66. The summed E-state index contributed by atoms with van der Waals surface area (Å²) in [6.45, 7) is -0.247. The van der Waals surface area contributed by atoms with Gasteiger partial charge in [-0.15, -0.1) is 0 Å². The molecule has 1 aliphatic rings. The Morgan fingerprint density at radius 3 is 1.41 bits per heavy atom. The maximum atomic E-state index is 13.8. The van der Waals surface area contributed by atoms with E-state index in [0.29, 0.717) is 0 Å². The first-order valence-electron chi connectivity index (χ1n) is 12.1. The Kier molecular flexibility index (Phi) is 12.3. The van der Waals surface area contributed by atoms with Crippen LogP contribution in [0.5, 0.6) is 0 Å². The fourth-order valence-electron chi connectivity index (χ4n) is 3.51. The molecule has 1 rings (SSSR count). The lowest BCUT2D eigenvalue weighted by Gasteiger charge is -2.42. The molecular weight excluding hydrogens is 671 g/mol. The lowest BCUT2D eigenvalue weighted by atomic mass is 9.88. The smallest absolute Gasteiger partial charge is 0.388 e. The normalized spacial score (nSPS) is 25.4. The number of aliphatic hydroxyl groups excluding tert-OH is 3. The van der Waals surface area contributed by atoms with Crippen LogP contribution in [-0.4, -0.2) is 113 Å². The predicted molar refractivity (Wildman–Crippen MR) is 108 cm³/mol. The van der Waals surface area contributed by atoms with Crippen molar-refractivity contribution >= 4 is 0 Å². The van der Waals surface area contributed by atoms with Gasteiger partial charge in [0.1, 0.15) is 18.3 Å². The molecule has 1 fully saturated rings. The average molecular weight is 696 g/mol. The summed E-state index contributed by atoms with van der Waals surface area (Å²) in [6.07, 6.45) is -18.7. The van der Waals surface area contributed by atoms with Crippen LogP contribution in [0.3, 0.4) is 0 Å². The molecule has 0 amide bonds. The van der Waals surface area contributed by atoms with Gasteiger partial charge in [-0.05, 0) is 26.2 Å². The van der Waals surface area contributed by atoms with Gasteiger partial charge in [0, 0.05) is 26.2 Å². The van der Waals surface area contributed by atoms with E-state index in [1.165, 1.54) is 6.92 Å². The van der Waals surface area contributed by atoms with Crippen molar-refractivity contribution < 1.29 is 104 Å². The quantitative estimate of drug-likeness (QED) is 0.148. The number of alkyl halides is 17. The number of aliphatic hydroxyl groups is 3. The van der Waals surface area contributed by atoms with E-state index in [2.05, 4.69) is 0 Å². The highest BCUT2D eigenvalue weighted by molar-refractivity contribution is 5.15. The van der Waals surface area contributed by atoms with E-state index in [1.54, 1.807) is 0 Å². The van der Waals surface area contributed by atoms with Crippen LogP contribution in [0.4, 0.5) is 74.6 Å². The molecule has 3 N–H and O–H groups in total. The van der Waals surface area contributed by atoms with Crippen LogP contribution in [-0.2, 0) is 14.2 Å². The van der Waals surface area contributed by atoms with Gasteiger partial charge < -0.3 is 29.5 Å². The molecule has 5 atom stereocenters. The molecule has 0 spiro atoms. The number of ether oxygens (including phenoxy) is 3. The van der Waals surface area contributed by atoms with Crippen LogP contribution in [0.1, 0.15) is 32.6 Å². The molecule has 0 aromatic carbocycles. The Morgan fingerprint density at radius 1 is 0.523 bits per heavy atom. The molecule has 6 nitrogen and oxygen atoms in total. The molecule has 0 bridgehead atoms. The van der Waals surface area contributed by atoms with Crippen molar-refractivity contribution in [3.05, 3.63) is 0 Å². The summed E-state index contributed by atoms with van der Waals surface area (Å²) in [7, 11) is 0. The van der Waals surface area contributed by atoms with Gasteiger partial charge in [-0.2, -0.15) is 74.6 Å². The fourth-order valence-corrected chi connectivity index (χ4v) is 3.51. The van der Waals surface area contributed by atoms with E-state index in [0.717, 1.165) is 0 Å². The first-order chi connectivity index (χ1) is 19.5. The molecule has 0 radical (unpaired) electrons. The highest BCUT2D eigenvalue weighted by Gasteiger charge is 2.95. The van der Waals surface area contributed by atoms with E-state index < -0.39 is 97.8 Å². The Balaban J connectivity index is 2.74. The Hall–Kier alpha value is -1.43. The minimum absolute atomic E-state index is 0.00769. The molecule has 1 saturated heterocycles. The van der Waals surface area contributed by atoms with E-state index in [9.17, 15) is 90.0 Å². The maximum absolute atomic E-state index is 13.8. The maximum Gasteiger partial charge on any atom is 0.460 e. The van der Waals surface area contributed by atoms with E-state index in [1.807, 2.05) is 0 Å². The Bertz CT molecular complexity index is 929. The van der Waals surface area contributed by atoms with E-state index in [-0.39, 0.29) is 26.1 Å². The number of halogens is 17. The molecule has 0 aromatic heterocycles. The van der Waals surface area contributed by atoms with Crippen molar-refractivity contribution in [1.82, 2.24) is 0 Å². The largest absolute Gasteiger partial charge is 0.460 e. The predicted octanol–water partition coefficient (Wildman–Crippen LogP) is 5.42. The molecular formula is C21H25F17O6. The standard InChI is InChI=1S/C21H25F17O6/c1-9-10(39)11(40)12(41)13(44-9)43-8-3-2-6-42-7-4-5-14(22,23)15(24,25)16(26,27)17(28,29)18(30,31)19(32,33)20(34,35)21(36,37)38/h9-13,39-41H,2-8H2,1H3/t9-,10-,11+,12+,13+/m0/s1. The van der Waals surface area contributed by atoms with Gasteiger partial charge in [0.05, 0.1) is 6.10 Å². The van der Waals surface area contributed by atoms with Gasteiger partial charge in [0.2, 0.25) is 0 Å². The highest BCUT2D eigenvalue weighted by atomic mass is 19.4. The second-order valence-electron chi connectivity index (χ2n) is 9.62. The first-order valence-corrected chi connectivity index (χ1v) is 12.1. The van der Waals surface area contributed by atoms with Crippen LogP contribution in [0.15, 0.2) is 0 Å². The summed E-state index contributed by atoms with van der Waals surface area (Å²) in [4.78, 5) is 0. The number of hydrogen-bond acceptors (Lipinski definition) is 6. The van der Waals surface area contributed by atoms with E-state index in [4.69, 9.17) is 14.2 Å². The highest BCUT2D eigenvalue weighted by Crippen LogP contribution is 2.64. The van der Waals surface area contributed by atoms with Crippen molar-refractivity contribution in [3.63, 3.8) is 0 Å². The monoisotopic (exact) mass is 696 g/mol. The molecule has 44 heavy (non-hydrogen) atoms. The van der Waals surface area contributed by atoms with Gasteiger partial charge in [0.25, 0.3) is 0 Å². The lowest BCUT2D eigenvalue weighted by molar-refractivity contribution is -0.461. The summed E-state index contributed by atoms with van der Waals surface area (Å²) < 4.78 is 240. The topological polar surface area (TPSA) is 88.4 Å². The lowest BCUT2D eigenvalue weighted by Crippen LogP contribution is -2.74. The molecule has 1 aliphatic heterocycles. The van der Waals surface area contributed by atoms with Gasteiger partial charge in [-0.25, -0.2) is 0 Å². The van der Waals surface area contributed by atoms with Crippen LogP contribution < -0.4 is 0 Å². The third-order valence-corrected chi connectivity index (χ3v) is 6.34. The average Bonchev–Trinajstić information content (AvgIpc) is 2.87. The van der Waals surface area contributed by atoms with Crippen LogP contribution in [0.2, 0.25) is 0 Å². The van der Waals surface area contributed by atoms with Gasteiger partial charge in [-0.3, -0.25) is 0 Å². The summed E-state index contributed by atoms with van der Waals surface area (Å²) in [5, 5.41) is 28.9. The molecule has 0 aliphatic carbocycles. The van der Waals surface area contributed by atoms with Crippen molar-refractivity contribution in [2.45, 2.75) is 111 Å². The summed E-state index contributed by atoms with van der Waals surface area (Å²) >= 11 is 0. The molecule has 0 unspecified atom stereocenters. The second kappa shape index (κ2) is 13.4. The fraction of sp³-hybridized carbons (Fsp3) is 1.00. The third kappa shape index (κ3) is 7.10. The molecule has 23 heteroatoms. The zero-order valence-electron chi connectivity index (χ0n) is 21.8. The van der Waals surface area contributed by atoms with Crippen molar-refractivity contribution in [2.24, 2.45) is 0 Å². The number of rotatable bonds is 16. The Morgan fingerprint density at radius 2 is 0.932 bits per heavy atom. The van der Waals surface area contributed by atoms with Crippen LogP contribution >= 0.6 is 0 Å². The van der Waals surface area contributed by atoms with Gasteiger partial charge in [-0.1, -0.05) is 0 Å². The SMILES string of the molecule is C[C@@H]1O[C@@H](OCCCCOCCCC(F)(F)C(F)(F)C(F)(F)C(F)(F)C(F)(F)C(F)(F)C(F)(F)C(F)(F)F)[C@H](O)[C@H](O)[C@H]1O.